The highest BCUT2D eigenvalue weighted by Gasteiger charge is 2.32. The van der Waals surface area contributed by atoms with Gasteiger partial charge in [-0.1, -0.05) is 36.7 Å². The highest BCUT2D eigenvalue weighted by Crippen LogP contribution is 2.24. The molecule has 2 rings (SSSR count). The van der Waals surface area contributed by atoms with Crippen molar-refractivity contribution in [1.82, 2.24) is 10.2 Å². The zero-order valence-electron chi connectivity index (χ0n) is 20.0. The Balaban J connectivity index is 2.47. The van der Waals surface area contributed by atoms with Gasteiger partial charge in [-0.25, -0.2) is 8.42 Å². The Kier molecular flexibility index (Phi) is 9.61. The Morgan fingerprint density at radius 2 is 1.77 bits per heavy atom. The summed E-state index contributed by atoms with van der Waals surface area (Å²) in [6.07, 6.45) is 1.19. The number of anilines is 1. The minimum absolute atomic E-state index is 0.0267. The van der Waals surface area contributed by atoms with Crippen LogP contribution in [0.15, 0.2) is 48.5 Å². The quantitative estimate of drug-likeness (QED) is 0.354. The van der Waals surface area contributed by atoms with Crippen molar-refractivity contribution in [1.29, 1.82) is 0 Å². The molecule has 2 aromatic rings. The molecule has 0 aliphatic rings. The number of non-ortho nitro benzene ring substituents is 1. The van der Waals surface area contributed by atoms with Crippen molar-refractivity contribution < 1.29 is 22.9 Å². The van der Waals surface area contributed by atoms with Gasteiger partial charge < -0.3 is 10.2 Å². The van der Waals surface area contributed by atoms with Gasteiger partial charge in [0.2, 0.25) is 21.8 Å². The molecular formula is C23H29ClN4O6S. The predicted octanol–water partition coefficient (Wildman–Crippen LogP) is 3.35. The van der Waals surface area contributed by atoms with Crippen LogP contribution in [0, 0.1) is 10.1 Å². The summed E-state index contributed by atoms with van der Waals surface area (Å²) in [7, 11) is -3.99. The van der Waals surface area contributed by atoms with Gasteiger partial charge in [-0.2, -0.15) is 0 Å². The van der Waals surface area contributed by atoms with E-state index in [0.717, 1.165) is 16.6 Å². The summed E-state index contributed by atoms with van der Waals surface area (Å²) in [5, 5.41) is 14.5. The van der Waals surface area contributed by atoms with Crippen molar-refractivity contribution in [2.24, 2.45) is 0 Å². The average molecular weight is 525 g/mol. The van der Waals surface area contributed by atoms with Crippen LogP contribution in [-0.4, -0.2) is 54.9 Å². The van der Waals surface area contributed by atoms with E-state index >= 15 is 0 Å². The Morgan fingerprint density at radius 3 is 2.29 bits per heavy atom. The summed E-state index contributed by atoms with van der Waals surface area (Å²) in [5.74, 6) is -1.01. The van der Waals surface area contributed by atoms with Crippen LogP contribution in [0.1, 0.15) is 32.8 Å². The lowest BCUT2D eigenvalue weighted by molar-refractivity contribution is -0.384. The molecule has 0 saturated heterocycles. The first-order valence-electron chi connectivity index (χ1n) is 10.9. The zero-order chi connectivity index (χ0) is 26.3. The summed E-state index contributed by atoms with van der Waals surface area (Å²) in [6.45, 7) is 4.74. The lowest BCUT2D eigenvalue weighted by Crippen LogP contribution is -2.53. The summed E-state index contributed by atoms with van der Waals surface area (Å²) >= 11 is 5.96. The highest BCUT2D eigenvalue weighted by atomic mass is 35.5. The number of halogens is 1. The first kappa shape index (κ1) is 28.1. The number of nitrogens with zero attached hydrogens (tertiary/aromatic N) is 3. The van der Waals surface area contributed by atoms with E-state index in [9.17, 15) is 28.1 Å². The maximum absolute atomic E-state index is 13.5. The normalized spacial score (nSPS) is 12.2. The lowest BCUT2D eigenvalue weighted by Gasteiger charge is -2.33. The smallest absolute Gasteiger partial charge is 0.271 e. The summed E-state index contributed by atoms with van der Waals surface area (Å²) in [5.41, 5.74) is 0.352. The van der Waals surface area contributed by atoms with E-state index in [1.54, 1.807) is 45.0 Å². The van der Waals surface area contributed by atoms with Gasteiger partial charge in [-0.3, -0.25) is 24.0 Å². The fourth-order valence-electron chi connectivity index (χ4n) is 3.46. The number of nitro benzene ring substituents is 1. The molecule has 1 N–H and O–H groups in total. The molecule has 0 aromatic heterocycles. The maximum Gasteiger partial charge on any atom is 0.271 e. The van der Waals surface area contributed by atoms with E-state index in [-0.39, 0.29) is 36.3 Å². The predicted molar refractivity (Wildman–Crippen MR) is 135 cm³/mol. The van der Waals surface area contributed by atoms with Crippen molar-refractivity contribution in [3.8, 4) is 0 Å². The van der Waals surface area contributed by atoms with Crippen molar-refractivity contribution in [3.05, 3.63) is 69.2 Å². The average Bonchev–Trinajstić information content (AvgIpc) is 2.77. The molecule has 0 unspecified atom stereocenters. The second-order valence-electron chi connectivity index (χ2n) is 8.28. The molecule has 190 valence electrons. The van der Waals surface area contributed by atoms with Gasteiger partial charge in [0.25, 0.3) is 5.69 Å². The molecule has 0 bridgehead atoms. The van der Waals surface area contributed by atoms with Crippen LogP contribution in [0.4, 0.5) is 11.4 Å². The molecule has 0 saturated carbocycles. The minimum Gasteiger partial charge on any atom is -0.352 e. The maximum atomic E-state index is 13.5. The monoisotopic (exact) mass is 524 g/mol. The van der Waals surface area contributed by atoms with Crippen LogP contribution in [0.5, 0.6) is 0 Å². The molecule has 0 heterocycles. The first-order valence-corrected chi connectivity index (χ1v) is 13.1. The third-order valence-electron chi connectivity index (χ3n) is 5.09. The van der Waals surface area contributed by atoms with Crippen LogP contribution in [0.2, 0.25) is 5.02 Å². The van der Waals surface area contributed by atoms with Crippen LogP contribution in [0.3, 0.4) is 0 Å². The van der Waals surface area contributed by atoms with E-state index in [2.05, 4.69) is 5.32 Å². The number of amides is 2. The van der Waals surface area contributed by atoms with Crippen LogP contribution in [-0.2, 0) is 26.2 Å². The van der Waals surface area contributed by atoms with Gasteiger partial charge >= 0.3 is 0 Å². The highest BCUT2D eigenvalue weighted by molar-refractivity contribution is 7.92. The molecule has 0 fully saturated rings. The summed E-state index contributed by atoms with van der Waals surface area (Å²) in [4.78, 5) is 38.3. The van der Waals surface area contributed by atoms with Crippen LogP contribution < -0.4 is 9.62 Å². The van der Waals surface area contributed by atoms with Crippen molar-refractivity contribution in [3.63, 3.8) is 0 Å². The number of carbonyl (C=O) groups excluding carboxylic acids is 2. The van der Waals surface area contributed by atoms with Crippen LogP contribution >= 0.6 is 11.6 Å². The minimum atomic E-state index is -3.99. The van der Waals surface area contributed by atoms with E-state index in [1.807, 2.05) is 0 Å². The lowest BCUT2D eigenvalue weighted by atomic mass is 10.1. The zero-order valence-corrected chi connectivity index (χ0v) is 21.5. The molecular weight excluding hydrogens is 496 g/mol. The van der Waals surface area contributed by atoms with Crippen LogP contribution in [0.25, 0.3) is 0 Å². The van der Waals surface area contributed by atoms with Gasteiger partial charge in [0, 0.05) is 29.7 Å². The first-order chi connectivity index (χ1) is 16.3. The topological polar surface area (TPSA) is 130 Å². The van der Waals surface area contributed by atoms with Crippen molar-refractivity contribution >= 4 is 44.8 Å². The van der Waals surface area contributed by atoms with E-state index in [1.165, 1.54) is 23.1 Å². The van der Waals surface area contributed by atoms with Gasteiger partial charge in [0.05, 0.1) is 16.9 Å². The summed E-state index contributed by atoms with van der Waals surface area (Å²) in [6, 6.07) is 10.7. The Hall–Kier alpha value is -3.18. The third-order valence-corrected chi connectivity index (χ3v) is 6.48. The number of hydrogen-bond acceptors (Lipinski definition) is 6. The van der Waals surface area contributed by atoms with Gasteiger partial charge in [0.15, 0.2) is 0 Å². The fourth-order valence-corrected chi connectivity index (χ4v) is 4.43. The SMILES string of the molecule is CC[C@H](C(=O)NC(C)C)N(Cc1ccc(Cl)cc1)C(=O)CN(c1cccc([N+](=O)[O-])c1)S(C)(=O)=O. The molecule has 12 heteroatoms. The van der Waals surface area contributed by atoms with Gasteiger partial charge in [0.1, 0.15) is 12.6 Å². The van der Waals surface area contributed by atoms with Gasteiger partial charge in [-0.05, 0) is 44.0 Å². The standard InChI is InChI=1S/C23H29ClN4O6S/c1-5-21(23(30)25-16(2)3)26(14-17-9-11-18(24)12-10-17)22(29)15-27(35(4,33)34)19-7-6-8-20(13-19)28(31)32/h6-13,16,21H,5,14-15H2,1-4H3,(H,25,30)/t21-/m1/s1. The Morgan fingerprint density at radius 1 is 1.14 bits per heavy atom. The molecule has 1 atom stereocenters. The number of benzene rings is 2. The fraction of sp³-hybridized carbons (Fsp3) is 0.391. The molecule has 2 amide bonds. The van der Waals surface area contributed by atoms with Crippen molar-refractivity contribution in [2.75, 3.05) is 17.1 Å². The second-order valence-corrected chi connectivity index (χ2v) is 10.6. The Labute approximate surface area is 210 Å². The number of rotatable bonds is 11. The third kappa shape index (κ3) is 7.93. The molecule has 0 aliphatic carbocycles. The van der Waals surface area contributed by atoms with E-state index < -0.39 is 33.4 Å². The number of sulfonamides is 1. The van der Waals surface area contributed by atoms with E-state index in [0.29, 0.717) is 10.6 Å². The number of nitro groups is 1. The van der Waals surface area contributed by atoms with Crippen molar-refractivity contribution in [2.45, 2.75) is 45.8 Å². The molecule has 0 aliphatic heterocycles. The number of carbonyl (C=O) groups is 2. The molecule has 2 aromatic carbocycles. The number of nitrogens with one attached hydrogen (secondary N) is 1. The molecule has 35 heavy (non-hydrogen) atoms. The summed E-state index contributed by atoms with van der Waals surface area (Å²) < 4.78 is 26.0. The molecule has 0 radical (unpaired) electrons. The van der Waals surface area contributed by atoms with E-state index in [4.69, 9.17) is 11.6 Å². The number of hydrogen-bond donors (Lipinski definition) is 1. The molecule has 10 nitrogen and oxygen atoms in total. The molecule has 0 spiro atoms. The largest absolute Gasteiger partial charge is 0.352 e. The second kappa shape index (κ2) is 12.0. The van der Waals surface area contributed by atoms with Gasteiger partial charge in [-0.15, -0.1) is 0 Å². The Bertz CT molecular complexity index is 1170.